The molecule has 0 bridgehead atoms. The molecule has 188 valence electrons. The topological polar surface area (TPSA) is 106 Å². The highest BCUT2D eigenvalue weighted by atomic mass is 16.5. The molecule has 0 aliphatic carbocycles. The molecule has 6 rings (SSSR count). The number of hydrogen-bond donors (Lipinski definition) is 2. The molecular weight excluding hydrogens is 472 g/mol. The normalized spacial score (nSPS) is 14.8. The van der Waals surface area contributed by atoms with Crippen molar-refractivity contribution in [3.63, 3.8) is 0 Å². The predicted molar refractivity (Wildman–Crippen MR) is 137 cm³/mol. The fourth-order valence-electron chi connectivity index (χ4n) is 5.07. The molecule has 9 nitrogen and oxygen atoms in total. The number of nitrogens with zero attached hydrogens (tertiary/aromatic N) is 2. The summed E-state index contributed by atoms with van der Waals surface area (Å²) in [5.74, 6) is 2.56. The molecule has 0 fully saturated rings. The van der Waals surface area contributed by atoms with E-state index in [9.17, 15) is 4.79 Å². The predicted octanol–water partition coefficient (Wildman–Crippen LogP) is 4.96. The molecule has 37 heavy (non-hydrogen) atoms. The van der Waals surface area contributed by atoms with E-state index in [0.29, 0.717) is 41.6 Å². The Morgan fingerprint density at radius 2 is 1.81 bits per heavy atom. The van der Waals surface area contributed by atoms with Gasteiger partial charge >= 0.3 is 0 Å². The maximum Gasteiger partial charge on any atom is 0.275 e. The summed E-state index contributed by atoms with van der Waals surface area (Å²) in [5.41, 5.74) is 4.71. The Labute approximate surface area is 212 Å². The van der Waals surface area contributed by atoms with Crippen LogP contribution in [0.5, 0.6) is 17.2 Å². The van der Waals surface area contributed by atoms with E-state index in [-0.39, 0.29) is 5.91 Å². The standard InChI is InChI=1S/C28H26N4O5/c1-34-18-7-9-21-16(14-18)13-17(29-21)10-11-32-27(20-8-6-19(35-2)15-23(20)36-3)24-25(22-5-4-12-37-22)30-31-26(24)28(32)33/h4-9,12-15,27,29H,10-11H2,1-3H3,(H,30,31)/t27-/m0/s1. The first-order chi connectivity index (χ1) is 18.1. The smallest absolute Gasteiger partial charge is 0.275 e. The zero-order valence-electron chi connectivity index (χ0n) is 20.7. The molecule has 0 saturated carbocycles. The number of hydrogen-bond acceptors (Lipinski definition) is 6. The van der Waals surface area contributed by atoms with Crippen LogP contribution in [0.3, 0.4) is 0 Å². The number of methoxy groups -OCH3 is 3. The average molecular weight is 499 g/mol. The minimum atomic E-state index is -0.424. The Bertz CT molecular complexity index is 1580. The van der Waals surface area contributed by atoms with E-state index in [2.05, 4.69) is 21.2 Å². The molecule has 2 N–H and O–H groups in total. The van der Waals surface area contributed by atoms with Crippen LogP contribution in [0.15, 0.2) is 65.3 Å². The number of nitrogens with one attached hydrogen (secondary N) is 2. The summed E-state index contributed by atoms with van der Waals surface area (Å²) in [7, 11) is 4.88. The summed E-state index contributed by atoms with van der Waals surface area (Å²) in [5, 5.41) is 8.47. The molecule has 1 aliphatic heterocycles. The van der Waals surface area contributed by atoms with Crippen LogP contribution in [0.2, 0.25) is 0 Å². The lowest BCUT2D eigenvalue weighted by molar-refractivity contribution is 0.0744. The maximum atomic E-state index is 13.7. The second-order valence-corrected chi connectivity index (χ2v) is 8.84. The lowest BCUT2D eigenvalue weighted by atomic mass is 9.96. The van der Waals surface area contributed by atoms with E-state index >= 15 is 0 Å². The lowest BCUT2D eigenvalue weighted by Crippen LogP contribution is -2.31. The number of H-pyrrole nitrogens is 2. The van der Waals surface area contributed by atoms with Crippen molar-refractivity contribution in [2.24, 2.45) is 0 Å². The van der Waals surface area contributed by atoms with Gasteiger partial charge in [-0.05, 0) is 48.5 Å². The largest absolute Gasteiger partial charge is 0.497 e. The quantitative estimate of drug-likeness (QED) is 0.313. The van der Waals surface area contributed by atoms with Crippen LogP contribution in [0, 0.1) is 0 Å². The molecule has 1 atom stereocenters. The fourth-order valence-corrected chi connectivity index (χ4v) is 5.07. The Morgan fingerprint density at radius 1 is 1.00 bits per heavy atom. The fraction of sp³-hybridized carbons (Fsp3) is 0.214. The second-order valence-electron chi connectivity index (χ2n) is 8.84. The molecule has 2 aromatic carbocycles. The van der Waals surface area contributed by atoms with Gasteiger partial charge in [-0.15, -0.1) is 0 Å². The third kappa shape index (κ3) is 3.79. The molecule has 0 unspecified atom stereocenters. The van der Waals surface area contributed by atoms with Crippen molar-refractivity contribution in [2.45, 2.75) is 12.5 Å². The van der Waals surface area contributed by atoms with Gasteiger partial charge in [0, 0.05) is 46.8 Å². The zero-order chi connectivity index (χ0) is 25.5. The van der Waals surface area contributed by atoms with E-state index in [1.54, 1.807) is 27.6 Å². The van der Waals surface area contributed by atoms with Gasteiger partial charge in [-0.3, -0.25) is 9.89 Å². The Morgan fingerprint density at radius 3 is 2.57 bits per heavy atom. The number of rotatable bonds is 8. The van der Waals surface area contributed by atoms with E-state index in [1.807, 2.05) is 53.4 Å². The van der Waals surface area contributed by atoms with E-state index in [1.165, 1.54) is 0 Å². The van der Waals surface area contributed by atoms with Gasteiger partial charge in [0.1, 0.15) is 22.9 Å². The molecule has 5 aromatic rings. The first-order valence-corrected chi connectivity index (χ1v) is 11.9. The molecule has 1 amide bonds. The highest BCUT2D eigenvalue weighted by Gasteiger charge is 2.44. The number of amides is 1. The summed E-state index contributed by atoms with van der Waals surface area (Å²) in [6, 6.07) is 16.9. The summed E-state index contributed by atoms with van der Waals surface area (Å²) in [4.78, 5) is 19.0. The van der Waals surface area contributed by atoms with Crippen molar-refractivity contribution < 1.29 is 23.4 Å². The third-order valence-corrected chi connectivity index (χ3v) is 6.86. The van der Waals surface area contributed by atoms with Crippen LogP contribution < -0.4 is 14.2 Å². The molecule has 0 spiro atoms. The SMILES string of the molecule is COc1ccc([C@H]2c3c(n[nH]c3-c3ccco3)C(=O)N2CCc2cc3cc(OC)ccc3[nH]2)c(OC)c1. The van der Waals surface area contributed by atoms with Gasteiger partial charge in [0.15, 0.2) is 11.5 Å². The van der Waals surface area contributed by atoms with Crippen LogP contribution in [-0.2, 0) is 6.42 Å². The summed E-state index contributed by atoms with van der Waals surface area (Å²) < 4.78 is 22.2. The summed E-state index contributed by atoms with van der Waals surface area (Å²) in [6.07, 6.45) is 2.23. The highest BCUT2D eigenvalue weighted by Crippen LogP contribution is 2.46. The first-order valence-electron chi connectivity index (χ1n) is 11.9. The van der Waals surface area contributed by atoms with Gasteiger partial charge in [0.25, 0.3) is 5.91 Å². The van der Waals surface area contributed by atoms with Crippen LogP contribution in [0.1, 0.15) is 33.4 Å². The Balaban J connectivity index is 1.40. The van der Waals surface area contributed by atoms with Crippen molar-refractivity contribution in [1.82, 2.24) is 20.1 Å². The number of carbonyl (C=O) groups is 1. The number of furan rings is 1. The molecule has 4 heterocycles. The Hall–Kier alpha value is -4.66. The Kier molecular flexibility index (Phi) is 5.60. The lowest BCUT2D eigenvalue weighted by Gasteiger charge is -2.27. The molecule has 9 heteroatoms. The average Bonchev–Trinajstić information content (AvgIpc) is 3.71. The minimum Gasteiger partial charge on any atom is -0.497 e. The number of aromatic amines is 2. The van der Waals surface area contributed by atoms with Crippen LogP contribution in [0.25, 0.3) is 22.4 Å². The van der Waals surface area contributed by atoms with Crippen molar-refractivity contribution in [3.8, 4) is 28.7 Å². The minimum absolute atomic E-state index is 0.148. The molecular formula is C28H26N4O5. The summed E-state index contributed by atoms with van der Waals surface area (Å²) >= 11 is 0. The zero-order valence-corrected chi connectivity index (χ0v) is 20.7. The van der Waals surface area contributed by atoms with Gasteiger partial charge in [-0.25, -0.2) is 0 Å². The van der Waals surface area contributed by atoms with E-state index < -0.39 is 6.04 Å². The molecule has 0 saturated heterocycles. The van der Waals surface area contributed by atoms with Crippen molar-refractivity contribution >= 4 is 16.8 Å². The van der Waals surface area contributed by atoms with Gasteiger partial charge in [-0.2, -0.15) is 5.10 Å². The number of aromatic nitrogens is 3. The maximum absolute atomic E-state index is 13.7. The van der Waals surface area contributed by atoms with Crippen molar-refractivity contribution in [3.05, 3.63) is 83.4 Å². The number of fused-ring (bicyclic) bond motifs is 2. The number of ether oxygens (including phenoxy) is 3. The van der Waals surface area contributed by atoms with Gasteiger partial charge in [-0.1, -0.05) is 0 Å². The van der Waals surface area contributed by atoms with Gasteiger partial charge in [0.2, 0.25) is 0 Å². The van der Waals surface area contributed by atoms with Gasteiger partial charge in [0.05, 0.1) is 33.6 Å². The van der Waals surface area contributed by atoms with Crippen LogP contribution >= 0.6 is 0 Å². The van der Waals surface area contributed by atoms with E-state index in [4.69, 9.17) is 18.6 Å². The van der Waals surface area contributed by atoms with Gasteiger partial charge < -0.3 is 28.5 Å². The van der Waals surface area contributed by atoms with E-state index in [0.717, 1.165) is 33.5 Å². The van der Waals surface area contributed by atoms with Crippen LogP contribution in [-0.4, -0.2) is 53.9 Å². The highest BCUT2D eigenvalue weighted by molar-refractivity contribution is 6.00. The molecule has 1 aliphatic rings. The molecule has 3 aromatic heterocycles. The molecule has 0 radical (unpaired) electrons. The number of carbonyl (C=O) groups excluding carboxylic acids is 1. The van der Waals surface area contributed by atoms with Crippen molar-refractivity contribution in [2.75, 3.05) is 27.9 Å². The number of benzene rings is 2. The second kappa shape index (κ2) is 9.09. The van der Waals surface area contributed by atoms with Crippen molar-refractivity contribution in [1.29, 1.82) is 0 Å². The van der Waals surface area contributed by atoms with Crippen LogP contribution in [0.4, 0.5) is 0 Å². The monoisotopic (exact) mass is 498 g/mol. The summed E-state index contributed by atoms with van der Waals surface area (Å²) in [6.45, 7) is 0.469. The third-order valence-electron chi connectivity index (χ3n) is 6.86. The first kappa shape index (κ1) is 22.8.